The number of hydrogen-bond acceptors (Lipinski definition) is 3. The van der Waals surface area contributed by atoms with Crippen LogP contribution in [0.3, 0.4) is 0 Å². The predicted octanol–water partition coefficient (Wildman–Crippen LogP) is 0.247. The largest absolute Gasteiger partial charge is 0.480 e. The van der Waals surface area contributed by atoms with E-state index in [0.717, 1.165) is 12.8 Å². The summed E-state index contributed by atoms with van der Waals surface area (Å²) in [6, 6.07) is -0.709. The number of rotatable bonds is 2. The normalized spacial score (nSPS) is 21.1. The molecule has 0 aliphatic carbocycles. The molecule has 0 unspecified atom stereocenters. The fourth-order valence-electron chi connectivity index (χ4n) is 1.28. The summed E-state index contributed by atoms with van der Waals surface area (Å²) in [6.45, 7) is 1.29. The first-order valence-corrected chi connectivity index (χ1v) is 3.78. The number of nitrogens with two attached hydrogens (primary N) is 1. The predicted molar refractivity (Wildman–Crippen MR) is 46.4 cm³/mol. The fraction of sp³-hybridized carbons (Fsp3) is 0.857. The molecule has 5 heteroatoms. The average molecular weight is 196 g/mol. The third kappa shape index (κ3) is 2.97. The highest BCUT2D eigenvalue weighted by Crippen LogP contribution is 2.17. The molecule has 1 atom stereocenters. The summed E-state index contributed by atoms with van der Waals surface area (Å²) >= 11 is 0. The fourth-order valence-corrected chi connectivity index (χ4v) is 1.28. The van der Waals surface area contributed by atoms with Gasteiger partial charge < -0.3 is 15.6 Å². The van der Waals surface area contributed by atoms with Gasteiger partial charge in [0.2, 0.25) is 0 Å². The number of carbonyl (C=O) groups is 1. The minimum absolute atomic E-state index is 0. The lowest BCUT2D eigenvalue weighted by Crippen LogP contribution is -2.40. The van der Waals surface area contributed by atoms with Crippen molar-refractivity contribution in [2.75, 3.05) is 13.2 Å². The minimum Gasteiger partial charge on any atom is -0.480 e. The first kappa shape index (κ1) is 11.7. The molecule has 3 N–H and O–H groups in total. The van der Waals surface area contributed by atoms with E-state index in [0.29, 0.717) is 13.2 Å². The van der Waals surface area contributed by atoms with E-state index in [4.69, 9.17) is 15.6 Å². The first-order valence-electron chi connectivity index (χ1n) is 3.78. The second-order valence-corrected chi connectivity index (χ2v) is 2.81. The van der Waals surface area contributed by atoms with Crippen LogP contribution < -0.4 is 5.73 Å². The maximum absolute atomic E-state index is 10.4. The van der Waals surface area contributed by atoms with Gasteiger partial charge in [-0.25, -0.2) is 0 Å². The maximum atomic E-state index is 10.4. The lowest BCUT2D eigenvalue weighted by atomic mass is 9.92. The van der Waals surface area contributed by atoms with E-state index in [1.54, 1.807) is 0 Å². The van der Waals surface area contributed by atoms with Gasteiger partial charge in [0.15, 0.2) is 0 Å². The minimum atomic E-state index is -0.906. The van der Waals surface area contributed by atoms with Crippen molar-refractivity contribution in [3.8, 4) is 0 Å². The van der Waals surface area contributed by atoms with E-state index < -0.39 is 12.0 Å². The molecule has 0 aromatic heterocycles. The lowest BCUT2D eigenvalue weighted by Gasteiger charge is -2.24. The molecule has 0 radical (unpaired) electrons. The van der Waals surface area contributed by atoms with Gasteiger partial charge in [-0.1, -0.05) is 0 Å². The molecule has 12 heavy (non-hydrogen) atoms. The van der Waals surface area contributed by atoms with Gasteiger partial charge in [0.1, 0.15) is 6.04 Å². The quantitative estimate of drug-likeness (QED) is 0.663. The Kier molecular flexibility index (Phi) is 5.20. The molecule has 1 saturated heterocycles. The SMILES string of the molecule is Cl.N[C@@H](C(=O)O)C1CCOCC1. The van der Waals surface area contributed by atoms with Crippen molar-refractivity contribution in [3.05, 3.63) is 0 Å². The third-order valence-electron chi connectivity index (χ3n) is 2.06. The van der Waals surface area contributed by atoms with E-state index in [-0.39, 0.29) is 18.3 Å². The topological polar surface area (TPSA) is 72.6 Å². The highest BCUT2D eigenvalue weighted by Gasteiger charge is 2.25. The van der Waals surface area contributed by atoms with Crippen LogP contribution in [0.1, 0.15) is 12.8 Å². The Morgan fingerprint density at radius 2 is 2.00 bits per heavy atom. The van der Waals surface area contributed by atoms with Crippen molar-refractivity contribution in [3.63, 3.8) is 0 Å². The number of carboxylic acids is 1. The Morgan fingerprint density at radius 3 is 2.42 bits per heavy atom. The molecule has 4 nitrogen and oxygen atoms in total. The van der Waals surface area contributed by atoms with Crippen molar-refractivity contribution in [1.29, 1.82) is 0 Å². The van der Waals surface area contributed by atoms with Gasteiger partial charge in [0.05, 0.1) is 0 Å². The van der Waals surface area contributed by atoms with Gasteiger partial charge in [-0.05, 0) is 18.8 Å². The number of hydrogen-bond donors (Lipinski definition) is 2. The summed E-state index contributed by atoms with van der Waals surface area (Å²) in [7, 11) is 0. The van der Waals surface area contributed by atoms with Crippen LogP contribution in [0.15, 0.2) is 0 Å². The monoisotopic (exact) mass is 195 g/mol. The molecular weight excluding hydrogens is 182 g/mol. The number of halogens is 1. The number of ether oxygens (including phenoxy) is 1. The van der Waals surface area contributed by atoms with Gasteiger partial charge in [-0.2, -0.15) is 0 Å². The Morgan fingerprint density at radius 1 is 1.50 bits per heavy atom. The molecule has 1 heterocycles. The molecule has 1 fully saturated rings. The molecule has 1 aliphatic rings. The van der Waals surface area contributed by atoms with Crippen LogP contribution in [-0.4, -0.2) is 30.3 Å². The van der Waals surface area contributed by atoms with Crippen molar-refractivity contribution < 1.29 is 14.6 Å². The van der Waals surface area contributed by atoms with Crippen molar-refractivity contribution in [2.24, 2.45) is 11.7 Å². The molecule has 0 aromatic carbocycles. The zero-order valence-corrected chi connectivity index (χ0v) is 7.55. The molecule has 72 valence electrons. The second kappa shape index (κ2) is 5.35. The zero-order valence-electron chi connectivity index (χ0n) is 6.73. The summed E-state index contributed by atoms with van der Waals surface area (Å²) < 4.78 is 5.08. The molecule has 1 aliphatic heterocycles. The Bertz CT molecular complexity index is 148. The Hall–Kier alpha value is -0.320. The van der Waals surface area contributed by atoms with Crippen molar-refractivity contribution >= 4 is 18.4 Å². The van der Waals surface area contributed by atoms with Crippen molar-refractivity contribution in [2.45, 2.75) is 18.9 Å². The van der Waals surface area contributed by atoms with Crippen LogP contribution in [0.25, 0.3) is 0 Å². The molecule has 0 saturated carbocycles. The maximum Gasteiger partial charge on any atom is 0.320 e. The highest BCUT2D eigenvalue weighted by molar-refractivity contribution is 5.85. The average Bonchev–Trinajstić information content (AvgIpc) is 2.05. The van der Waals surface area contributed by atoms with E-state index in [9.17, 15) is 4.79 Å². The summed E-state index contributed by atoms with van der Waals surface area (Å²) in [5, 5.41) is 8.57. The summed E-state index contributed by atoms with van der Waals surface area (Å²) in [5.41, 5.74) is 5.44. The molecular formula is C7H14ClNO3. The molecule has 1 rings (SSSR count). The van der Waals surface area contributed by atoms with Gasteiger partial charge in [0, 0.05) is 13.2 Å². The van der Waals surface area contributed by atoms with E-state index >= 15 is 0 Å². The smallest absolute Gasteiger partial charge is 0.320 e. The van der Waals surface area contributed by atoms with Crippen LogP contribution >= 0.6 is 12.4 Å². The number of aliphatic carboxylic acids is 1. The first-order chi connectivity index (χ1) is 5.22. The molecule has 0 amide bonds. The van der Waals surface area contributed by atoms with E-state index in [1.807, 2.05) is 0 Å². The Balaban J connectivity index is 0.00000121. The third-order valence-corrected chi connectivity index (χ3v) is 2.06. The standard InChI is InChI=1S/C7H13NO3.ClH/c8-6(7(9)10)5-1-3-11-4-2-5;/h5-6H,1-4,8H2,(H,9,10);1H/t6-;/m1./s1. The summed E-state index contributed by atoms with van der Waals surface area (Å²) in [4.78, 5) is 10.4. The molecule has 0 bridgehead atoms. The zero-order chi connectivity index (χ0) is 8.27. The van der Waals surface area contributed by atoms with E-state index in [1.165, 1.54) is 0 Å². The van der Waals surface area contributed by atoms with Gasteiger partial charge in [0.25, 0.3) is 0 Å². The van der Waals surface area contributed by atoms with Crippen LogP contribution in [0, 0.1) is 5.92 Å². The van der Waals surface area contributed by atoms with Crippen LogP contribution in [0.2, 0.25) is 0 Å². The van der Waals surface area contributed by atoms with Crippen LogP contribution in [0.5, 0.6) is 0 Å². The lowest BCUT2D eigenvalue weighted by molar-refractivity contribution is -0.140. The summed E-state index contributed by atoms with van der Waals surface area (Å²) in [5.74, 6) is -0.807. The molecule has 0 spiro atoms. The highest BCUT2D eigenvalue weighted by atomic mass is 35.5. The van der Waals surface area contributed by atoms with Crippen LogP contribution in [-0.2, 0) is 9.53 Å². The number of carboxylic acid groups (broad SMARTS) is 1. The molecule has 0 aromatic rings. The van der Waals surface area contributed by atoms with Crippen LogP contribution in [0.4, 0.5) is 0 Å². The van der Waals surface area contributed by atoms with E-state index in [2.05, 4.69) is 0 Å². The Labute approximate surface area is 77.5 Å². The van der Waals surface area contributed by atoms with Gasteiger partial charge >= 0.3 is 5.97 Å². The van der Waals surface area contributed by atoms with Crippen molar-refractivity contribution in [1.82, 2.24) is 0 Å². The second-order valence-electron chi connectivity index (χ2n) is 2.81. The van der Waals surface area contributed by atoms with Gasteiger partial charge in [-0.3, -0.25) is 4.79 Å². The summed E-state index contributed by atoms with van der Waals surface area (Å²) in [6.07, 6.45) is 1.54. The van der Waals surface area contributed by atoms with Gasteiger partial charge in [-0.15, -0.1) is 12.4 Å².